The lowest BCUT2D eigenvalue weighted by Gasteiger charge is -2.27. The minimum Gasteiger partial charge on any atom is -0.497 e. The predicted molar refractivity (Wildman–Crippen MR) is 130 cm³/mol. The Morgan fingerprint density at radius 2 is 1.60 bits per heavy atom. The number of carbonyl (C=O) groups excluding carboxylic acids is 2. The first-order chi connectivity index (χ1) is 16.7. The standard InChI is InChI=1S/C25H26FN3O5S/c1-3-29(19-13-15-20(34-2)16-14-19)24(30)22(17-18-9-5-4-6-10-18)27-25(31)28-35(32,33)23-12-8-7-11-21(23)26/h4-16,22H,3,17H2,1-2H3,(H2,27,28,31). The van der Waals surface area contributed by atoms with Gasteiger partial charge in [0, 0.05) is 18.7 Å². The normalized spacial score (nSPS) is 11.9. The fourth-order valence-corrected chi connectivity index (χ4v) is 4.49. The van der Waals surface area contributed by atoms with Crippen molar-refractivity contribution < 1.29 is 27.1 Å². The number of halogens is 1. The van der Waals surface area contributed by atoms with Crippen LogP contribution < -0.4 is 19.7 Å². The van der Waals surface area contributed by atoms with Gasteiger partial charge in [-0.3, -0.25) is 4.79 Å². The number of urea groups is 1. The van der Waals surface area contributed by atoms with E-state index in [2.05, 4.69) is 5.32 Å². The van der Waals surface area contributed by atoms with E-state index in [1.807, 2.05) is 6.07 Å². The third kappa shape index (κ3) is 6.57. The molecule has 2 N–H and O–H groups in total. The highest BCUT2D eigenvalue weighted by molar-refractivity contribution is 7.90. The Labute approximate surface area is 203 Å². The lowest BCUT2D eigenvalue weighted by molar-refractivity contribution is -0.120. The van der Waals surface area contributed by atoms with Crippen LogP contribution in [0.1, 0.15) is 12.5 Å². The van der Waals surface area contributed by atoms with Gasteiger partial charge >= 0.3 is 6.03 Å². The van der Waals surface area contributed by atoms with Crippen LogP contribution in [0.15, 0.2) is 83.8 Å². The Hall–Kier alpha value is -3.92. The molecule has 0 aromatic heterocycles. The molecule has 184 valence electrons. The van der Waals surface area contributed by atoms with Crippen molar-refractivity contribution in [1.82, 2.24) is 10.0 Å². The quantitative estimate of drug-likeness (QED) is 0.469. The Kier molecular flexibility index (Phi) is 8.43. The van der Waals surface area contributed by atoms with Gasteiger partial charge in [-0.1, -0.05) is 42.5 Å². The Morgan fingerprint density at radius 3 is 2.20 bits per heavy atom. The second-order valence-corrected chi connectivity index (χ2v) is 9.18. The number of sulfonamides is 1. The second kappa shape index (κ2) is 11.5. The molecule has 0 aliphatic heterocycles. The van der Waals surface area contributed by atoms with Gasteiger partial charge in [0.05, 0.1) is 7.11 Å². The second-order valence-electron chi connectivity index (χ2n) is 7.53. The molecule has 0 aliphatic rings. The van der Waals surface area contributed by atoms with E-state index in [-0.39, 0.29) is 6.42 Å². The fourth-order valence-electron chi connectivity index (χ4n) is 3.49. The summed E-state index contributed by atoms with van der Waals surface area (Å²) in [5, 5.41) is 2.45. The monoisotopic (exact) mass is 499 g/mol. The summed E-state index contributed by atoms with van der Waals surface area (Å²) >= 11 is 0. The van der Waals surface area contributed by atoms with E-state index in [4.69, 9.17) is 4.74 Å². The largest absolute Gasteiger partial charge is 0.497 e. The van der Waals surface area contributed by atoms with Crippen LogP contribution in [0.2, 0.25) is 0 Å². The molecule has 10 heteroatoms. The molecule has 0 saturated heterocycles. The molecule has 3 aromatic rings. The first-order valence-corrected chi connectivity index (χ1v) is 12.3. The number of nitrogens with zero attached hydrogens (tertiary/aromatic N) is 1. The number of likely N-dealkylation sites (N-methyl/N-ethyl adjacent to an activating group) is 1. The minimum atomic E-state index is -4.50. The summed E-state index contributed by atoms with van der Waals surface area (Å²) in [6.45, 7) is 2.08. The maximum absolute atomic E-state index is 14.0. The molecule has 0 heterocycles. The number of amides is 3. The van der Waals surface area contributed by atoms with E-state index in [0.29, 0.717) is 18.0 Å². The molecule has 0 radical (unpaired) electrons. The van der Waals surface area contributed by atoms with Crippen LogP contribution in [0.4, 0.5) is 14.9 Å². The smallest absolute Gasteiger partial charge is 0.329 e. The zero-order valence-electron chi connectivity index (χ0n) is 19.3. The van der Waals surface area contributed by atoms with E-state index < -0.39 is 38.7 Å². The lowest BCUT2D eigenvalue weighted by Crippen LogP contribution is -2.53. The van der Waals surface area contributed by atoms with Crippen LogP contribution in [-0.2, 0) is 21.2 Å². The number of methoxy groups -OCH3 is 1. The maximum atomic E-state index is 14.0. The highest BCUT2D eigenvalue weighted by Gasteiger charge is 2.29. The fraction of sp³-hybridized carbons (Fsp3) is 0.200. The molecule has 8 nitrogen and oxygen atoms in total. The average molecular weight is 500 g/mol. The molecule has 3 rings (SSSR count). The Balaban J connectivity index is 1.85. The topological polar surface area (TPSA) is 105 Å². The van der Waals surface area contributed by atoms with Crippen LogP contribution in [-0.4, -0.2) is 40.1 Å². The van der Waals surface area contributed by atoms with Gasteiger partial charge in [0.25, 0.3) is 10.0 Å². The van der Waals surface area contributed by atoms with Crippen molar-refractivity contribution in [3.63, 3.8) is 0 Å². The summed E-state index contributed by atoms with van der Waals surface area (Å²) in [6.07, 6.45) is 0.111. The first-order valence-electron chi connectivity index (χ1n) is 10.8. The molecule has 3 amide bonds. The molecule has 1 atom stereocenters. The van der Waals surface area contributed by atoms with Crippen molar-refractivity contribution in [3.8, 4) is 5.75 Å². The van der Waals surface area contributed by atoms with E-state index in [1.165, 1.54) is 24.1 Å². The summed E-state index contributed by atoms with van der Waals surface area (Å²) in [5.74, 6) is -0.824. The van der Waals surface area contributed by atoms with Crippen molar-refractivity contribution in [2.75, 3.05) is 18.6 Å². The highest BCUT2D eigenvalue weighted by Crippen LogP contribution is 2.21. The summed E-state index contributed by atoms with van der Waals surface area (Å²) in [6, 6.07) is 18.3. The van der Waals surface area contributed by atoms with Crippen LogP contribution in [0.5, 0.6) is 5.75 Å². The summed E-state index contributed by atoms with van der Waals surface area (Å²) in [7, 11) is -2.96. The van der Waals surface area contributed by atoms with E-state index in [1.54, 1.807) is 60.2 Å². The van der Waals surface area contributed by atoms with Crippen LogP contribution >= 0.6 is 0 Å². The summed E-state index contributed by atoms with van der Waals surface area (Å²) < 4.78 is 46.0. The van der Waals surface area contributed by atoms with E-state index in [9.17, 15) is 22.4 Å². The van der Waals surface area contributed by atoms with Gasteiger partial charge in [-0.05, 0) is 48.9 Å². The number of nitrogens with one attached hydrogen (secondary N) is 2. The van der Waals surface area contributed by atoms with Gasteiger partial charge in [-0.25, -0.2) is 22.3 Å². The molecular weight excluding hydrogens is 473 g/mol. The van der Waals surface area contributed by atoms with Gasteiger partial charge in [0.1, 0.15) is 22.5 Å². The molecule has 35 heavy (non-hydrogen) atoms. The molecular formula is C25H26FN3O5S. The van der Waals surface area contributed by atoms with Crippen molar-refractivity contribution in [3.05, 3.63) is 90.2 Å². The van der Waals surface area contributed by atoms with Crippen molar-refractivity contribution in [2.45, 2.75) is 24.3 Å². The van der Waals surface area contributed by atoms with Gasteiger partial charge in [0.2, 0.25) is 5.91 Å². The number of benzene rings is 3. The molecule has 0 aliphatic carbocycles. The third-order valence-corrected chi connectivity index (χ3v) is 6.57. The molecule has 0 spiro atoms. The lowest BCUT2D eigenvalue weighted by atomic mass is 10.0. The highest BCUT2D eigenvalue weighted by atomic mass is 32.2. The van der Waals surface area contributed by atoms with E-state index >= 15 is 0 Å². The van der Waals surface area contributed by atoms with Crippen molar-refractivity contribution in [1.29, 1.82) is 0 Å². The number of ether oxygens (including phenoxy) is 1. The molecule has 0 saturated carbocycles. The molecule has 1 unspecified atom stereocenters. The van der Waals surface area contributed by atoms with Gasteiger partial charge < -0.3 is 15.0 Å². The van der Waals surface area contributed by atoms with Gasteiger partial charge in [-0.15, -0.1) is 0 Å². The van der Waals surface area contributed by atoms with E-state index in [0.717, 1.165) is 17.7 Å². The zero-order chi connectivity index (χ0) is 25.4. The Bertz CT molecular complexity index is 1270. The zero-order valence-corrected chi connectivity index (χ0v) is 20.1. The van der Waals surface area contributed by atoms with Gasteiger partial charge in [0.15, 0.2) is 0 Å². The number of anilines is 1. The third-order valence-electron chi connectivity index (χ3n) is 5.21. The van der Waals surface area contributed by atoms with Crippen LogP contribution in [0.25, 0.3) is 0 Å². The summed E-state index contributed by atoms with van der Waals surface area (Å²) in [5.41, 5.74) is 1.34. The predicted octanol–water partition coefficient (Wildman–Crippen LogP) is 3.49. The number of carbonyl (C=O) groups is 2. The summed E-state index contributed by atoms with van der Waals surface area (Å²) in [4.78, 5) is 27.0. The first kappa shape index (κ1) is 25.7. The maximum Gasteiger partial charge on any atom is 0.329 e. The number of hydrogen-bond acceptors (Lipinski definition) is 5. The van der Waals surface area contributed by atoms with Gasteiger partial charge in [-0.2, -0.15) is 0 Å². The SMILES string of the molecule is CCN(C(=O)C(Cc1ccccc1)NC(=O)NS(=O)(=O)c1ccccc1F)c1ccc(OC)cc1. The number of rotatable bonds is 9. The average Bonchev–Trinajstić information content (AvgIpc) is 2.85. The Morgan fingerprint density at radius 1 is 0.971 bits per heavy atom. The molecule has 3 aromatic carbocycles. The van der Waals surface area contributed by atoms with Crippen molar-refractivity contribution in [2.24, 2.45) is 0 Å². The number of hydrogen-bond donors (Lipinski definition) is 2. The van der Waals surface area contributed by atoms with Crippen molar-refractivity contribution >= 4 is 27.6 Å². The van der Waals surface area contributed by atoms with Crippen LogP contribution in [0, 0.1) is 5.82 Å². The molecule has 0 fully saturated rings. The minimum absolute atomic E-state index is 0.111. The van der Waals surface area contributed by atoms with Crippen LogP contribution in [0.3, 0.4) is 0 Å². The molecule has 0 bridgehead atoms.